The molecule has 0 bridgehead atoms. The lowest BCUT2D eigenvalue weighted by molar-refractivity contribution is -0.162. The van der Waals surface area contributed by atoms with Crippen molar-refractivity contribution in [3.63, 3.8) is 0 Å². The summed E-state index contributed by atoms with van der Waals surface area (Å²) in [5.74, 6) is -9.20. The second-order valence-corrected chi connectivity index (χ2v) is 35.9. The largest absolute Gasteiger partial charge is 0.480 e. The van der Waals surface area contributed by atoms with Crippen LogP contribution >= 0.6 is 8.34 Å². The van der Waals surface area contributed by atoms with Crippen LogP contribution in [-0.4, -0.2) is 197 Å². The number of nitrogens with one attached hydrogen (secondary N) is 6. The van der Waals surface area contributed by atoms with Crippen molar-refractivity contribution >= 4 is 158 Å². The van der Waals surface area contributed by atoms with Crippen molar-refractivity contribution in [2.24, 2.45) is 39.9 Å². The van der Waals surface area contributed by atoms with Gasteiger partial charge in [-0.3, -0.25) is 71.9 Å². The van der Waals surface area contributed by atoms with Crippen LogP contribution in [0.15, 0.2) is 85.0 Å². The van der Waals surface area contributed by atoms with E-state index in [0.29, 0.717) is 117 Å². The Bertz CT molecular complexity index is 4460. The Labute approximate surface area is 757 Å². The zero-order chi connectivity index (χ0) is 96.9. The molecule has 2 aromatic carbocycles. The molecule has 2 aliphatic heterocycles. The number of ketones is 3. The van der Waals surface area contributed by atoms with Crippen molar-refractivity contribution in [2.75, 3.05) is 56.4 Å². The molecule has 0 aromatic heterocycles. The number of nitrogens with zero attached hydrogens (tertiary/aromatic N) is 2. The molecule has 6 rings (SSSR count). The number of primary amides is 2. The van der Waals surface area contributed by atoms with Gasteiger partial charge >= 0.3 is 41.9 Å². The number of anilines is 2. The predicted octanol–water partition coefficient (Wildman–Crippen LogP) is 10.6. The number of unbranched alkanes of at least 4 members (excludes halogenated alkanes) is 5. The lowest BCUT2D eigenvalue weighted by atomic mass is 9.61. The summed E-state index contributed by atoms with van der Waals surface area (Å²) in [6.45, 7) is 25.8. The van der Waals surface area contributed by atoms with E-state index in [1.165, 1.54) is 82.7 Å². The van der Waals surface area contributed by atoms with Crippen LogP contribution in [-0.2, 0) is 100 Å². The molecule has 4 aliphatic rings. The molecular formula is C92H130BN11O24P. The van der Waals surface area contributed by atoms with E-state index in [2.05, 4.69) is 31.9 Å². The molecule has 1 radical (unpaired) electrons. The van der Waals surface area contributed by atoms with Crippen LogP contribution in [0.1, 0.15) is 247 Å². The van der Waals surface area contributed by atoms with E-state index >= 15 is 0 Å². The number of carboxylic acid groups (broad SMARTS) is 1. The van der Waals surface area contributed by atoms with Crippen molar-refractivity contribution in [1.82, 2.24) is 31.1 Å². The highest BCUT2D eigenvalue weighted by Gasteiger charge is 2.52. The molecule has 12 amide bonds. The summed E-state index contributed by atoms with van der Waals surface area (Å²) in [4.78, 5) is 225. The third-order valence-electron chi connectivity index (χ3n) is 19.9. The number of Topliss-reactive ketones (excluding diaryl/α,β-unsaturated/α-hetero) is 3. The van der Waals surface area contributed by atoms with Gasteiger partial charge in [-0.1, -0.05) is 63.2 Å². The number of rotatable bonds is 47. The van der Waals surface area contributed by atoms with Gasteiger partial charge < -0.3 is 73.2 Å². The van der Waals surface area contributed by atoms with Gasteiger partial charge in [0.15, 0.2) is 5.78 Å². The number of hydrogen-bond acceptors (Lipinski definition) is 24. The van der Waals surface area contributed by atoms with E-state index in [1.54, 1.807) is 133 Å². The van der Waals surface area contributed by atoms with Crippen molar-refractivity contribution in [2.45, 2.75) is 254 Å². The average Bonchev–Trinajstić information content (AvgIpc) is 1.01. The van der Waals surface area contributed by atoms with Crippen LogP contribution in [0.3, 0.4) is 0 Å². The van der Waals surface area contributed by atoms with Gasteiger partial charge in [-0.05, 0) is 225 Å². The lowest BCUT2D eigenvalue weighted by Gasteiger charge is -2.39. The molecule has 705 valence electrons. The number of carbonyl (C=O) groups excluding carboxylic acids is 17. The number of carbonyl (C=O) groups is 18. The zero-order valence-corrected chi connectivity index (χ0v) is 77.4. The van der Waals surface area contributed by atoms with Gasteiger partial charge in [-0.2, -0.15) is 0 Å². The fourth-order valence-electron chi connectivity index (χ4n) is 13.2. The van der Waals surface area contributed by atoms with Crippen molar-refractivity contribution in [3.8, 4) is 0 Å². The SMILES string of the molecule is CC(C)(C)OC(=O)/C=C/c1ccc(/C=C/C(=O)OC(C)(C)C)c(NC(=O)CCNC(=O)[C@H](CCCNC(N)=O)CC(=O)C2(C(=O)CCCCCCN3C(=O)C=CC3=O)CCC2)c1.CC(C)(C)OC(=O)/C=C/c1ccc(/C=C/C(=O)OC(C)(C)C)c(NC(=O)CCNC(=O)[C@H](CCCNC(N)=O)CC(=O)C2(C(=O)O)CCC2)c1.C[B]P=O.NCCCCCN1C(=O)C=CC1=O. The Kier molecular flexibility index (Phi) is 47.5. The third-order valence-corrected chi connectivity index (χ3v) is 20.1. The molecule has 0 unspecified atom stereocenters. The summed E-state index contributed by atoms with van der Waals surface area (Å²) in [5, 5.41) is 25.6. The molecule has 2 fully saturated rings. The maximum atomic E-state index is 13.8. The number of nitrogens with two attached hydrogens (primary N) is 3. The molecule has 13 N–H and O–H groups in total. The summed E-state index contributed by atoms with van der Waals surface area (Å²) in [6.07, 6.45) is 24.4. The fourth-order valence-corrected chi connectivity index (χ4v) is 13.2. The Balaban J connectivity index is 0.000000569. The second-order valence-electron chi connectivity index (χ2n) is 35.2. The number of amides is 12. The van der Waals surface area contributed by atoms with Crippen LogP contribution in [0.4, 0.5) is 21.0 Å². The highest BCUT2D eigenvalue weighted by Crippen LogP contribution is 2.46. The monoisotopic (exact) mass is 1810 g/mol. The maximum Gasteiger partial charge on any atom is 0.331 e. The fraction of sp³-hybridized carbons (Fsp3) is 0.543. The molecule has 2 heterocycles. The van der Waals surface area contributed by atoms with Crippen LogP contribution in [0.2, 0.25) is 6.82 Å². The summed E-state index contributed by atoms with van der Waals surface area (Å²) >= 11 is 0. The predicted molar refractivity (Wildman–Crippen MR) is 487 cm³/mol. The normalized spacial score (nSPS) is 14.9. The molecule has 2 aliphatic carbocycles. The molecule has 0 spiro atoms. The van der Waals surface area contributed by atoms with Gasteiger partial charge in [0.1, 0.15) is 39.4 Å². The summed E-state index contributed by atoms with van der Waals surface area (Å²) < 4.78 is 30.5. The second kappa shape index (κ2) is 55.1. The first-order valence-corrected chi connectivity index (χ1v) is 44.2. The number of imide groups is 2. The summed E-state index contributed by atoms with van der Waals surface area (Å²) in [7, 11) is 0.123. The lowest BCUT2D eigenvalue weighted by Crippen LogP contribution is -2.47. The minimum absolute atomic E-state index is 0.0864. The van der Waals surface area contributed by atoms with Gasteiger partial charge in [0.25, 0.3) is 23.6 Å². The Hall–Kier alpha value is -11.9. The number of benzene rings is 2. The van der Waals surface area contributed by atoms with Crippen molar-refractivity contribution in [1.29, 1.82) is 0 Å². The number of urea groups is 2. The summed E-state index contributed by atoms with van der Waals surface area (Å²) in [5.41, 5.74) is 12.9. The molecule has 2 aromatic rings. The van der Waals surface area contributed by atoms with Gasteiger partial charge in [0, 0.05) is 143 Å². The van der Waals surface area contributed by atoms with E-state index in [1.807, 2.05) is 0 Å². The van der Waals surface area contributed by atoms with Gasteiger partial charge in [-0.25, -0.2) is 28.8 Å². The summed E-state index contributed by atoms with van der Waals surface area (Å²) in [6, 6.07) is 8.44. The number of hydrogen-bond donors (Lipinski definition) is 10. The van der Waals surface area contributed by atoms with Crippen LogP contribution in [0.25, 0.3) is 24.3 Å². The molecule has 35 nitrogen and oxygen atoms in total. The maximum absolute atomic E-state index is 13.8. The van der Waals surface area contributed by atoms with Gasteiger partial charge in [-0.15, -0.1) is 0 Å². The number of ether oxygens (including phenoxy) is 4. The van der Waals surface area contributed by atoms with Crippen LogP contribution in [0, 0.1) is 22.7 Å². The molecule has 129 heavy (non-hydrogen) atoms. The van der Waals surface area contributed by atoms with E-state index in [9.17, 15) is 96.0 Å². The third kappa shape index (κ3) is 43.6. The first kappa shape index (κ1) is 111. The minimum Gasteiger partial charge on any atom is -0.480 e. The van der Waals surface area contributed by atoms with Crippen molar-refractivity contribution < 1.29 is 115 Å². The number of carboxylic acids is 1. The van der Waals surface area contributed by atoms with Crippen LogP contribution < -0.4 is 49.1 Å². The van der Waals surface area contributed by atoms with Crippen molar-refractivity contribution in [3.05, 3.63) is 107 Å². The number of aliphatic carboxylic acids is 1. The standard InChI is InChI=1S/C46H63N5O11.C36H50N4O10.C9H14N2O2.CH3BOP/c1-44(2,3)61-40(57)21-16-31-15-17-32(18-22-41(58)62-45(4,5)6)34(29-31)50-37(54)23-27-48-42(59)33(13-11-26-49-43(47)60)30-36(53)46(24-12-25-46)35(52)14-9-7-8-10-28-51-38(55)19-20-39(51)56;1-34(2,3)49-29(43)14-11-23-10-12-24(13-15-30(44)50-35(4,5)6)26(21-23)40-28(42)16-20-38-31(45)25(9-7-19-39-33(37)48)22-27(41)36(32(46)47)17-8-18-36;10-6-2-1-3-7-11-8(12)4-5-9(11)13;1-2-4-3/h15-22,29,33H,7-14,23-28,30H2,1-6H3,(H,48,59)(H,50,54)(H3,47,49,60);10-15,21,25H,7-9,16-20,22H2,1-6H3,(H,38,45)(H,40,42)(H,46,47)(H3,37,39,48);4-5H,1-3,6-7,10H2;1H3/b21-16+,22-18+;14-11+,15-13+;;/t33-;25-;;/m11../s1. The zero-order valence-electron chi connectivity index (χ0n) is 76.5. The Morgan fingerprint density at radius 2 is 0.791 bits per heavy atom. The number of esters is 4. The minimum atomic E-state index is -1.49. The van der Waals surface area contributed by atoms with E-state index in [0.717, 1.165) is 19.3 Å². The Morgan fingerprint density at radius 1 is 0.457 bits per heavy atom. The van der Waals surface area contributed by atoms with E-state index < -0.39 is 116 Å². The molecule has 0 saturated heterocycles. The molecule has 37 heteroatoms. The highest BCUT2D eigenvalue weighted by molar-refractivity contribution is 7.60. The quantitative estimate of drug-likeness (QED) is 0.00430. The smallest absolute Gasteiger partial charge is 0.331 e. The first-order chi connectivity index (χ1) is 60.5. The Morgan fingerprint density at radius 3 is 1.10 bits per heavy atom. The van der Waals surface area contributed by atoms with E-state index in [4.69, 9.17) is 36.1 Å². The van der Waals surface area contributed by atoms with Gasteiger partial charge in [0.05, 0.1) is 13.8 Å². The highest BCUT2D eigenvalue weighted by atomic mass is 31.1. The average molecular weight is 1820 g/mol. The molecule has 2 saturated carbocycles. The van der Waals surface area contributed by atoms with Crippen LogP contribution in [0.5, 0.6) is 0 Å². The van der Waals surface area contributed by atoms with E-state index in [-0.39, 0.29) is 128 Å². The topological polar surface area (TPSA) is 538 Å². The molecular weight excluding hydrogens is 1680 g/mol. The van der Waals surface area contributed by atoms with Gasteiger partial charge in [0.2, 0.25) is 30.6 Å². The first-order valence-electron chi connectivity index (χ1n) is 43.3. The molecule has 2 atom stereocenters.